The van der Waals surface area contributed by atoms with E-state index in [0.29, 0.717) is 12.5 Å². The summed E-state index contributed by atoms with van der Waals surface area (Å²) in [5, 5.41) is 9.40. The van der Waals surface area contributed by atoms with Gasteiger partial charge in [0.1, 0.15) is 0 Å². The summed E-state index contributed by atoms with van der Waals surface area (Å²) in [5.41, 5.74) is 0.0781. The second-order valence-electron chi connectivity index (χ2n) is 5.64. The van der Waals surface area contributed by atoms with Gasteiger partial charge >= 0.3 is 0 Å². The van der Waals surface area contributed by atoms with E-state index in [1.165, 1.54) is 0 Å². The van der Waals surface area contributed by atoms with Crippen LogP contribution in [0.5, 0.6) is 0 Å². The minimum atomic E-state index is -0.0829. The van der Waals surface area contributed by atoms with Crippen LogP contribution in [0.3, 0.4) is 0 Å². The number of hydrogen-bond acceptors (Lipinski definition) is 2. The Balaban J connectivity index is 2.13. The van der Waals surface area contributed by atoms with Gasteiger partial charge in [0.25, 0.3) is 0 Å². The van der Waals surface area contributed by atoms with Crippen molar-refractivity contribution in [2.75, 3.05) is 20.7 Å². The number of fused-ring (bicyclic) bond motifs is 3. The maximum atomic E-state index is 12.1. The van der Waals surface area contributed by atoms with Gasteiger partial charge in [0.05, 0.1) is 0 Å². The van der Waals surface area contributed by atoms with Gasteiger partial charge in [-0.15, -0.1) is 0 Å². The Morgan fingerprint density at radius 2 is 1.60 bits per heavy atom. The van der Waals surface area contributed by atoms with Crippen molar-refractivity contribution in [3.63, 3.8) is 0 Å². The van der Waals surface area contributed by atoms with Gasteiger partial charge in [0.15, 0.2) is 0 Å². The van der Waals surface area contributed by atoms with Crippen LogP contribution in [-0.2, 0) is 4.79 Å². The Kier molecular flexibility index (Phi) is 2.53. The molecule has 15 heavy (non-hydrogen) atoms. The molecule has 86 valence electrons. The number of rotatable bonds is 2. The monoisotopic (exact) mass is 211 g/mol. The fourth-order valence-corrected chi connectivity index (χ4v) is 3.30. The normalized spacial score (nSPS) is 39.1. The third-order valence-electron chi connectivity index (χ3n) is 4.60. The molecule has 0 heterocycles. The summed E-state index contributed by atoms with van der Waals surface area (Å²) in [6, 6.07) is 0. The van der Waals surface area contributed by atoms with Crippen LogP contribution in [0.4, 0.5) is 0 Å². The lowest BCUT2D eigenvalue weighted by Gasteiger charge is -2.52. The Morgan fingerprint density at radius 3 is 1.93 bits per heavy atom. The number of aliphatic hydroxyl groups is 1. The van der Waals surface area contributed by atoms with Gasteiger partial charge in [0.2, 0.25) is 5.91 Å². The van der Waals surface area contributed by atoms with E-state index >= 15 is 0 Å². The zero-order valence-electron chi connectivity index (χ0n) is 9.75. The number of nitrogens with zero attached hydrogens (tertiary/aromatic N) is 1. The van der Waals surface area contributed by atoms with Gasteiger partial charge in [-0.2, -0.15) is 0 Å². The van der Waals surface area contributed by atoms with E-state index in [4.69, 9.17) is 0 Å². The van der Waals surface area contributed by atoms with Gasteiger partial charge in [-0.25, -0.2) is 0 Å². The van der Waals surface area contributed by atoms with E-state index in [-0.39, 0.29) is 10.8 Å². The van der Waals surface area contributed by atoms with Crippen molar-refractivity contribution >= 4 is 5.91 Å². The van der Waals surface area contributed by atoms with Crippen molar-refractivity contribution in [1.29, 1.82) is 0 Å². The smallest absolute Gasteiger partial charge is 0.228 e. The first-order valence-corrected chi connectivity index (χ1v) is 5.86. The zero-order chi connectivity index (χ0) is 11.1. The highest BCUT2D eigenvalue weighted by Gasteiger charge is 2.52. The molecule has 0 unspecified atom stereocenters. The number of carbonyl (C=O) groups excluding carboxylic acids is 1. The third kappa shape index (κ3) is 1.57. The number of hydrogen-bond donors (Lipinski definition) is 1. The topological polar surface area (TPSA) is 40.5 Å². The maximum Gasteiger partial charge on any atom is 0.228 e. The molecular weight excluding hydrogens is 190 g/mol. The molecule has 0 atom stereocenters. The summed E-state index contributed by atoms with van der Waals surface area (Å²) in [4.78, 5) is 13.9. The van der Waals surface area contributed by atoms with Crippen LogP contribution >= 0.6 is 0 Å². The van der Waals surface area contributed by atoms with Gasteiger partial charge in [0, 0.05) is 26.1 Å². The number of amides is 1. The van der Waals surface area contributed by atoms with Crippen LogP contribution in [0.25, 0.3) is 0 Å². The molecule has 3 aliphatic carbocycles. The molecule has 3 nitrogen and oxygen atoms in total. The molecule has 3 saturated carbocycles. The molecule has 3 heteroatoms. The average molecular weight is 211 g/mol. The second kappa shape index (κ2) is 3.48. The van der Waals surface area contributed by atoms with Crippen LogP contribution in [0, 0.1) is 10.8 Å². The first-order valence-electron chi connectivity index (χ1n) is 5.86. The lowest BCUT2D eigenvalue weighted by Crippen LogP contribution is -2.50. The summed E-state index contributed by atoms with van der Waals surface area (Å²) in [5.74, 6) is 0.300. The summed E-state index contributed by atoms with van der Waals surface area (Å²) < 4.78 is 0. The molecule has 0 aromatic carbocycles. The standard InChI is InChI=1S/C12H21NO2/c1-13(2)10(15)12-6-3-11(9-14,4-7-12)5-8-12/h14H,3-9H2,1-2H3. The first kappa shape index (κ1) is 10.9. The highest BCUT2D eigenvalue weighted by atomic mass is 16.3. The molecule has 1 N–H and O–H groups in total. The van der Waals surface area contributed by atoms with Crippen LogP contribution < -0.4 is 0 Å². The van der Waals surface area contributed by atoms with E-state index in [9.17, 15) is 9.90 Å². The summed E-state index contributed by atoms with van der Waals surface area (Å²) >= 11 is 0. The molecule has 0 spiro atoms. The molecule has 3 aliphatic rings. The quantitative estimate of drug-likeness (QED) is 0.750. The second-order valence-corrected chi connectivity index (χ2v) is 5.64. The lowest BCUT2D eigenvalue weighted by molar-refractivity contribution is -0.150. The number of aliphatic hydroxyl groups excluding tert-OH is 1. The predicted molar refractivity (Wildman–Crippen MR) is 58.3 cm³/mol. The van der Waals surface area contributed by atoms with Gasteiger partial charge in [-0.3, -0.25) is 4.79 Å². The van der Waals surface area contributed by atoms with Crippen molar-refractivity contribution < 1.29 is 9.90 Å². The predicted octanol–water partition coefficient (Wildman–Crippen LogP) is 1.41. The van der Waals surface area contributed by atoms with Crippen molar-refractivity contribution in [3.05, 3.63) is 0 Å². The molecule has 0 aliphatic heterocycles. The van der Waals surface area contributed by atoms with Gasteiger partial charge < -0.3 is 10.0 Å². The lowest BCUT2D eigenvalue weighted by atomic mass is 9.53. The molecule has 1 amide bonds. The van der Waals surface area contributed by atoms with Gasteiger partial charge in [-0.1, -0.05) is 0 Å². The van der Waals surface area contributed by atoms with Crippen LogP contribution in [0.2, 0.25) is 0 Å². The van der Waals surface area contributed by atoms with E-state index in [0.717, 1.165) is 38.5 Å². The Bertz CT molecular complexity index is 248. The first-order chi connectivity index (χ1) is 7.04. The summed E-state index contributed by atoms with van der Waals surface area (Å²) in [7, 11) is 3.69. The van der Waals surface area contributed by atoms with Crippen molar-refractivity contribution in [2.24, 2.45) is 10.8 Å². The number of carbonyl (C=O) groups is 1. The Labute approximate surface area is 91.5 Å². The molecule has 0 aromatic heterocycles. The molecule has 3 fully saturated rings. The summed E-state index contributed by atoms with van der Waals surface area (Å²) in [6.45, 7) is 0.305. The Hall–Kier alpha value is -0.570. The highest BCUT2D eigenvalue weighted by molar-refractivity contribution is 5.82. The fraction of sp³-hybridized carbons (Fsp3) is 0.917. The van der Waals surface area contributed by atoms with Crippen molar-refractivity contribution in [3.8, 4) is 0 Å². The van der Waals surface area contributed by atoms with Crippen LogP contribution in [-0.4, -0.2) is 36.6 Å². The highest BCUT2D eigenvalue weighted by Crippen LogP contribution is 2.57. The largest absolute Gasteiger partial charge is 0.396 e. The molecule has 0 saturated heterocycles. The van der Waals surface area contributed by atoms with Crippen molar-refractivity contribution in [1.82, 2.24) is 4.90 Å². The third-order valence-corrected chi connectivity index (χ3v) is 4.60. The molecule has 2 bridgehead atoms. The molecular formula is C12H21NO2. The van der Waals surface area contributed by atoms with Crippen LogP contribution in [0.15, 0.2) is 0 Å². The minimum Gasteiger partial charge on any atom is -0.396 e. The van der Waals surface area contributed by atoms with Crippen LogP contribution in [0.1, 0.15) is 38.5 Å². The van der Waals surface area contributed by atoms with Gasteiger partial charge in [-0.05, 0) is 43.9 Å². The average Bonchev–Trinajstić information content (AvgIpc) is 2.30. The minimum absolute atomic E-state index is 0.0829. The van der Waals surface area contributed by atoms with E-state index in [1.807, 2.05) is 14.1 Å². The van der Waals surface area contributed by atoms with E-state index in [1.54, 1.807) is 4.90 Å². The molecule has 0 aromatic rings. The maximum absolute atomic E-state index is 12.1. The SMILES string of the molecule is CN(C)C(=O)C12CCC(CO)(CC1)CC2. The molecule has 3 rings (SSSR count). The van der Waals surface area contributed by atoms with E-state index < -0.39 is 0 Å². The Morgan fingerprint density at radius 1 is 1.13 bits per heavy atom. The van der Waals surface area contributed by atoms with Crippen molar-refractivity contribution in [2.45, 2.75) is 38.5 Å². The molecule has 0 radical (unpaired) electrons. The van der Waals surface area contributed by atoms with E-state index in [2.05, 4.69) is 0 Å². The summed E-state index contributed by atoms with van der Waals surface area (Å²) in [6.07, 6.45) is 6.02. The zero-order valence-corrected chi connectivity index (χ0v) is 9.75. The fourth-order valence-electron chi connectivity index (χ4n) is 3.30.